The number of piperidine rings is 1. The van der Waals surface area contributed by atoms with Crippen molar-refractivity contribution in [3.63, 3.8) is 0 Å². The van der Waals surface area contributed by atoms with Crippen molar-refractivity contribution >= 4 is 11.7 Å². The Morgan fingerprint density at radius 3 is 2.00 bits per heavy atom. The maximum atomic E-state index is 12.8. The van der Waals surface area contributed by atoms with Crippen LogP contribution >= 0.6 is 0 Å². The average Bonchev–Trinajstić information content (AvgIpc) is 2.67. The number of hydrogen-bond acceptors (Lipinski definition) is 2. The first-order valence-corrected chi connectivity index (χ1v) is 9.77. The highest BCUT2D eigenvalue weighted by atomic mass is 16.2. The zero-order valence-corrected chi connectivity index (χ0v) is 16.8. The SMILES string of the molecule is CC(=O)c1ccc(C(=O)N2CCC(c3ccccc3C(C)(C)C)CC2)cc1. The second-order valence-corrected chi connectivity index (χ2v) is 8.54. The van der Waals surface area contributed by atoms with Crippen LogP contribution < -0.4 is 0 Å². The van der Waals surface area contributed by atoms with Crippen LogP contribution in [0.15, 0.2) is 48.5 Å². The number of hydrogen-bond donors (Lipinski definition) is 0. The normalized spacial score (nSPS) is 15.6. The lowest BCUT2D eigenvalue weighted by Crippen LogP contribution is -2.38. The molecule has 142 valence electrons. The molecule has 3 heteroatoms. The van der Waals surface area contributed by atoms with E-state index in [4.69, 9.17) is 0 Å². The molecule has 1 heterocycles. The molecular formula is C24H29NO2. The maximum Gasteiger partial charge on any atom is 0.253 e. The highest BCUT2D eigenvalue weighted by Gasteiger charge is 2.28. The summed E-state index contributed by atoms with van der Waals surface area (Å²) >= 11 is 0. The van der Waals surface area contributed by atoms with Gasteiger partial charge in [0.15, 0.2) is 5.78 Å². The van der Waals surface area contributed by atoms with Gasteiger partial charge in [0.05, 0.1) is 0 Å². The van der Waals surface area contributed by atoms with Gasteiger partial charge in [-0.15, -0.1) is 0 Å². The van der Waals surface area contributed by atoms with Crippen molar-refractivity contribution in [3.8, 4) is 0 Å². The van der Waals surface area contributed by atoms with Crippen molar-refractivity contribution in [2.24, 2.45) is 0 Å². The summed E-state index contributed by atoms with van der Waals surface area (Å²) in [5.41, 5.74) is 4.28. The van der Waals surface area contributed by atoms with Crippen LogP contribution in [-0.4, -0.2) is 29.7 Å². The molecule has 27 heavy (non-hydrogen) atoms. The van der Waals surface area contributed by atoms with Crippen molar-refractivity contribution in [3.05, 3.63) is 70.8 Å². The minimum atomic E-state index is 0.0207. The lowest BCUT2D eigenvalue weighted by atomic mass is 9.77. The van der Waals surface area contributed by atoms with Crippen molar-refractivity contribution in [1.82, 2.24) is 4.90 Å². The number of likely N-dealkylation sites (tertiary alicyclic amines) is 1. The molecule has 0 unspecified atom stereocenters. The molecular weight excluding hydrogens is 334 g/mol. The van der Waals surface area contributed by atoms with Gasteiger partial charge in [0.1, 0.15) is 0 Å². The Morgan fingerprint density at radius 2 is 1.44 bits per heavy atom. The molecule has 2 aromatic carbocycles. The van der Waals surface area contributed by atoms with Crippen LogP contribution in [0.2, 0.25) is 0 Å². The van der Waals surface area contributed by atoms with Gasteiger partial charge in [-0.05, 0) is 54.4 Å². The van der Waals surface area contributed by atoms with Crippen LogP contribution in [0.3, 0.4) is 0 Å². The fourth-order valence-electron chi connectivity index (χ4n) is 3.96. The maximum absolute atomic E-state index is 12.8. The lowest BCUT2D eigenvalue weighted by molar-refractivity contribution is 0.0712. The molecule has 0 bridgehead atoms. The third-order valence-corrected chi connectivity index (χ3v) is 5.53. The smallest absolute Gasteiger partial charge is 0.253 e. The molecule has 0 atom stereocenters. The van der Waals surface area contributed by atoms with Gasteiger partial charge in [-0.25, -0.2) is 0 Å². The predicted molar refractivity (Wildman–Crippen MR) is 109 cm³/mol. The van der Waals surface area contributed by atoms with Crippen LogP contribution in [-0.2, 0) is 5.41 Å². The molecule has 1 fully saturated rings. The highest BCUT2D eigenvalue weighted by molar-refractivity contribution is 5.97. The monoisotopic (exact) mass is 363 g/mol. The number of nitrogens with zero attached hydrogens (tertiary/aromatic N) is 1. The second-order valence-electron chi connectivity index (χ2n) is 8.54. The van der Waals surface area contributed by atoms with E-state index in [1.54, 1.807) is 24.3 Å². The molecule has 0 radical (unpaired) electrons. The van der Waals surface area contributed by atoms with Gasteiger partial charge < -0.3 is 4.90 Å². The summed E-state index contributed by atoms with van der Waals surface area (Å²) in [6.45, 7) is 9.86. The molecule has 0 aromatic heterocycles. The number of amides is 1. The minimum Gasteiger partial charge on any atom is -0.339 e. The fraction of sp³-hybridized carbons (Fsp3) is 0.417. The Hall–Kier alpha value is -2.42. The van der Waals surface area contributed by atoms with E-state index in [9.17, 15) is 9.59 Å². The van der Waals surface area contributed by atoms with Gasteiger partial charge in [-0.1, -0.05) is 57.2 Å². The van der Waals surface area contributed by atoms with E-state index >= 15 is 0 Å². The number of Topliss-reactive ketones (excluding diaryl/α,β-unsaturated/α-hetero) is 1. The average molecular weight is 364 g/mol. The number of rotatable bonds is 3. The molecule has 0 aliphatic carbocycles. The third-order valence-electron chi connectivity index (χ3n) is 5.53. The van der Waals surface area contributed by atoms with E-state index in [-0.39, 0.29) is 17.1 Å². The van der Waals surface area contributed by atoms with Crippen LogP contribution in [0.25, 0.3) is 0 Å². The zero-order valence-electron chi connectivity index (χ0n) is 16.8. The van der Waals surface area contributed by atoms with Gasteiger partial charge in [0, 0.05) is 24.2 Å². The Labute approximate surface area is 162 Å². The summed E-state index contributed by atoms with van der Waals surface area (Å²) in [7, 11) is 0. The topological polar surface area (TPSA) is 37.4 Å². The molecule has 0 spiro atoms. The van der Waals surface area contributed by atoms with Gasteiger partial charge >= 0.3 is 0 Å². The molecule has 0 N–H and O–H groups in total. The molecule has 1 aliphatic heterocycles. The highest BCUT2D eigenvalue weighted by Crippen LogP contribution is 2.35. The van der Waals surface area contributed by atoms with E-state index in [1.165, 1.54) is 18.1 Å². The van der Waals surface area contributed by atoms with Crippen LogP contribution in [0.4, 0.5) is 0 Å². The van der Waals surface area contributed by atoms with Crippen LogP contribution in [0, 0.1) is 0 Å². The molecule has 3 rings (SSSR count). The largest absolute Gasteiger partial charge is 0.339 e. The summed E-state index contributed by atoms with van der Waals surface area (Å²) in [5, 5.41) is 0. The summed E-state index contributed by atoms with van der Waals surface area (Å²) in [4.78, 5) is 26.1. The van der Waals surface area contributed by atoms with Crippen LogP contribution in [0.5, 0.6) is 0 Å². The Balaban J connectivity index is 1.69. The molecule has 3 nitrogen and oxygen atoms in total. The number of ketones is 1. The van der Waals surface area contributed by atoms with E-state index in [2.05, 4.69) is 45.0 Å². The Bertz CT molecular complexity index is 822. The molecule has 0 saturated carbocycles. The van der Waals surface area contributed by atoms with Crippen molar-refractivity contribution < 1.29 is 9.59 Å². The number of carbonyl (C=O) groups excluding carboxylic acids is 2. The molecule has 2 aromatic rings. The zero-order chi connectivity index (χ0) is 19.6. The fourth-order valence-corrected chi connectivity index (χ4v) is 3.96. The van der Waals surface area contributed by atoms with Gasteiger partial charge in [-0.3, -0.25) is 9.59 Å². The minimum absolute atomic E-state index is 0.0207. The predicted octanol–water partition coefficient (Wildman–Crippen LogP) is 5.21. The Morgan fingerprint density at radius 1 is 0.889 bits per heavy atom. The van der Waals surface area contributed by atoms with Crippen molar-refractivity contribution in [2.75, 3.05) is 13.1 Å². The summed E-state index contributed by atoms with van der Waals surface area (Å²) in [6, 6.07) is 15.7. The summed E-state index contributed by atoms with van der Waals surface area (Å²) in [6.07, 6.45) is 1.98. The number of carbonyl (C=O) groups is 2. The van der Waals surface area contributed by atoms with E-state index in [0.29, 0.717) is 17.0 Å². The number of benzene rings is 2. The van der Waals surface area contributed by atoms with Crippen molar-refractivity contribution in [1.29, 1.82) is 0 Å². The second kappa shape index (κ2) is 7.67. The van der Waals surface area contributed by atoms with Gasteiger partial charge in [0.2, 0.25) is 0 Å². The van der Waals surface area contributed by atoms with E-state index in [1.807, 2.05) is 4.90 Å². The molecule has 1 amide bonds. The first kappa shape index (κ1) is 19.3. The molecule has 1 saturated heterocycles. The lowest BCUT2D eigenvalue weighted by Gasteiger charge is -2.35. The van der Waals surface area contributed by atoms with Gasteiger partial charge in [-0.2, -0.15) is 0 Å². The first-order chi connectivity index (χ1) is 12.8. The standard InChI is InChI=1S/C24H29NO2/c1-17(26)18-9-11-20(12-10-18)23(27)25-15-13-19(14-16-25)21-7-5-6-8-22(21)24(2,3)4/h5-12,19H,13-16H2,1-4H3. The van der Waals surface area contributed by atoms with Gasteiger partial charge in [0.25, 0.3) is 5.91 Å². The van der Waals surface area contributed by atoms with Crippen molar-refractivity contribution in [2.45, 2.75) is 51.9 Å². The summed E-state index contributed by atoms with van der Waals surface area (Å²) in [5.74, 6) is 0.588. The van der Waals surface area contributed by atoms with E-state index < -0.39 is 0 Å². The van der Waals surface area contributed by atoms with Crippen LogP contribution in [0.1, 0.15) is 78.3 Å². The first-order valence-electron chi connectivity index (χ1n) is 9.77. The van der Waals surface area contributed by atoms with E-state index in [0.717, 1.165) is 25.9 Å². The quantitative estimate of drug-likeness (QED) is 0.702. The third kappa shape index (κ3) is 4.29. The molecule has 1 aliphatic rings. The summed E-state index contributed by atoms with van der Waals surface area (Å²) < 4.78 is 0. The Kier molecular flexibility index (Phi) is 5.50.